The summed E-state index contributed by atoms with van der Waals surface area (Å²) in [5, 5.41) is 0. The van der Waals surface area contributed by atoms with Crippen molar-refractivity contribution in [1.29, 1.82) is 0 Å². The van der Waals surface area contributed by atoms with Crippen molar-refractivity contribution in [2.24, 2.45) is 0 Å². The molecule has 196 valence electrons. The van der Waals surface area contributed by atoms with Gasteiger partial charge in [-0.25, -0.2) is 4.79 Å². The molecule has 3 rings (SSSR count). The minimum atomic E-state index is -4.53. The number of halogens is 3. The van der Waals surface area contributed by atoms with Crippen molar-refractivity contribution in [1.82, 2.24) is 14.5 Å². The number of hydrogen-bond acceptors (Lipinski definition) is 6. The van der Waals surface area contributed by atoms with Crippen molar-refractivity contribution in [3.05, 3.63) is 83.7 Å². The second-order valence-corrected chi connectivity index (χ2v) is 8.19. The molecule has 2 aromatic carbocycles. The molecule has 1 heterocycles. The Balaban J connectivity index is 2.11. The molecule has 0 bridgehead atoms. The van der Waals surface area contributed by atoms with Crippen molar-refractivity contribution in [2.75, 3.05) is 32.6 Å². The molecule has 1 aromatic heterocycles. The second kappa shape index (κ2) is 11.2. The summed E-state index contributed by atoms with van der Waals surface area (Å²) in [6.07, 6.45) is -3.08. The molecule has 0 saturated carbocycles. The molecule has 0 fully saturated rings. The Kier molecular flexibility index (Phi) is 8.26. The van der Waals surface area contributed by atoms with Crippen LogP contribution in [-0.2, 0) is 17.5 Å². The van der Waals surface area contributed by atoms with E-state index in [-0.39, 0.29) is 36.2 Å². The fourth-order valence-corrected chi connectivity index (χ4v) is 3.41. The molecule has 0 aliphatic heterocycles. The molecule has 0 spiro atoms. The minimum absolute atomic E-state index is 0.0322. The number of amides is 1. The minimum Gasteiger partial charge on any atom is -0.462 e. The largest absolute Gasteiger partial charge is 0.462 e. The number of ether oxygens (including phenoxy) is 2. The van der Waals surface area contributed by atoms with E-state index in [0.717, 1.165) is 12.1 Å². The molecule has 8 nitrogen and oxygen atoms in total. The number of carbonyl (C=O) groups is 2. The number of anilines is 1. The molecule has 0 N–H and O–H groups in total. The lowest BCUT2D eigenvalue weighted by atomic mass is 10.1. The lowest BCUT2D eigenvalue weighted by molar-refractivity contribution is -0.137. The Morgan fingerprint density at radius 3 is 2.35 bits per heavy atom. The molecule has 1 amide bonds. The van der Waals surface area contributed by atoms with Gasteiger partial charge in [-0.15, -0.1) is 0 Å². The Morgan fingerprint density at radius 1 is 1.11 bits per heavy atom. The number of carbonyl (C=O) groups excluding carboxylic acids is 2. The number of alkyl halides is 3. The maximum absolute atomic E-state index is 13.3. The summed E-state index contributed by atoms with van der Waals surface area (Å²) < 4.78 is 52.3. The number of aromatic nitrogens is 2. The quantitative estimate of drug-likeness (QED) is 0.364. The monoisotopic (exact) mass is 516 g/mol. The number of nitrogens with zero attached hydrogens (tertiary/aromatic N) is 4. The van der Waals surface area contributed by atoms with E-state index in [0.29, 0.717) is 11.3 Å². The van der Waals surface area contributed by atoms with Crippen LogP contribution in [0.4, 0.5) is 19.0 Å². The fraction of sp³-hybridized carbons (Fsp3) is 0.269. The van der Waals surface area contributed by atoms with E-state index in [1.807, 2.05) is 0 Å². The van der Waals surface area contributed by atoms with E-state index in [9.17, 15) is 22.8 Å². The third-order valence-corrected chi connectivity index (χ3v) is 5.30. The Hall–Kier alpha value is -4.28. The normalized spacial score (nSPS) is 11.1. The number of benzene rings is 2. The summed E-state index contributed by atoms with van der Waals surface area (Å²) in [5.41, 5.74) is -0.110. The van der Waals surface area contributed by atoms with E-state index in [1.54, 1.807) is 28.1 Å². The lowest BCUT2D eigenvalue weighted by Gasteiger charge is -2.18. The topological polar surface area (TPSA) is 76.9 Å². The van der Waals surface area contributed by atoms with Crippen molar-refractivity contribution < 1.29 is 32.2 Å². The first-order valence-electron chi connectivity index (χ1n) is 11.2. The van der Waals surface area contributed by atoms with Crippen LogP contribution in [0.3, 0.4) is 0 Å². The number of esters is 1. The average Bonchev–Trinajstić information content (AvgIpc) is 3.20. The summed E-state index contributed by atoms with van der Waals surface area (Å²) in [6, 6.07) is 10.9. The highest BCUT2D eigenvalue weighted by Gasteiger charge is 2.31. The second-order valence-electron chi connectivity index (χ2n) is 8.19. The van der Waals surface area contributed by atoms with Crippen LogP contribution >= 0.6 is 0 Å². The predicted octanol–water partition coefficient (Wildman–Crippen LogP) is 5.20. The predicted molar refractivity (Wildman–Crippen MR) is 132 cm³/mol. The van der Waals surface area contributed by atoms with Crippen LogP contribution in [0.2, 0.25) is 0 Å². The number of rotatable bonds is 9. The van der Waals surface area contributed by atoms with Gasteiger partial charge in [0.2, 0.25) is 0 Å². The van der Waals surface area contributed by atoms with Gasteiger partial charge in [-0.2, -0.15) is 18.2 Å². The number of imidazole rings is 1. The fourth-order valence-electron chi connectivity index (χ4n) is 3.41. The van der Waals surface area contributed by atoms with Crippen LogP contribution in [0, 0.1) is 0 Å². The maximum Gasteiger partial charge on any atom is 0.416 e. The van der Waals surface area contributed by atoms with Gasteiger partial charge in [0.15, 0.2) is 11.5 Å². The van der Waals surface area contributed by atoms with Gasteiger partial charge >= 0.3 is 18.2 Å². The van der Waals surface area contributed by atoms with Crippen molar-refractivity contribution >= 4 is 17.7 Å². The molecule has 37 heavy (non-hydrogen) atoms. The average molecular weight is 517 g/mol. The van der Waals surface area contributed by atoms with Crippen molar-refractivity contribution in [3.63, 3.8) is 0 Å². The van der Waals surface area contributed by atoms with Crippen LogP contribution in [0.1, 0.15) is 38.9 Å². The highest BCUT2D eigenvalue weighted by Crippen LogP contribution is 2.33. The molecule has 3 aromatic rings. The summed E-state index contributed by atoms with van der Waals surface area (Å²) in [6.45, 7) is 5.51. The zero-order chi connectivity index (χ0) is 27.3. The van der Waals surface area contributed by atoms with Crippen LogP contribution < -0.4 is 9.64 Å². The molecule has 0 saturated heterocycles. The van der Waals surface area contributed by atoms with E-state index in [4.69, 9.17) is 9.47 Å². The zero-order valence-corrected chi connectivity index (χ0v) is 20.9. The smallest absolute Gasteiger partial charge is 0.416 e. The summed E-state index contributed by atoms with van der Waals surface area (Å²) in [4.78, 5) is 32.4. The van der Waals surface area contributed by atoms with Crippen LogP contribution in [-0.4, -0.2) is 54.1 Å². The Labute approximate surface area is 212 Å². The van der Waals surface area contributed by atoms with Crippen molar-refractivity contribution in [3.8, 4) is 11.8 Å². The number of hydrogen-bond donors (Lipinski definition) is 0. The molecule has 0 atom stereocenters. The Morgan fingerprint density at radius 2 is 1.78 bits per heavy atom. The van der Waals surface area contributed by atoms with Gasteiger partial charge in [0.25, 0.3) is 5.91 Å². The molecule has 0 aliphatic rings. The standard InChI is InChI=1S/C26H27F3N4O4/c1-6-32(5)22-21(23(34)31(3)4)33(16-17-9-8-10-19(15-17)26(27,28)29)25(30-22)37-20-13-11-18(12-14-20)24(35)36-7-2/h6,8-15H,1,7,16H2,2-5H3. The first-order chi connectivity index (χ1) is 17.5. The molecule has 0 radical (unpaired) electrons. The van der Waals surface area contributed by atoms with Gasteiger partial charge in [0.1, 0.15) is 5.75 Å². The highest BCUT2D eigenvalue weighted by atomic mass is 19.4. The SMILES string of the molecule is C=CN(C)c1nc(Oc2ccc(C(=O)OCC)cc2)n(Cc2cccc(C(F)(F)F)c2)c1C(=O)N(C)C. The van der Waals surface area contributed by atoms with Gasteiger partial charge < -0.3 is 19.3 Å². The van der Waals surface area contributed by atoms with E-state index < -0.39 is 23.6 Å². The van der Waals surface area contributed by atoms with Gasteiger partial charge in [0.05, 0.1) is 24.3 Å². The summed E-state index contributed by atoms with van der Waals surface area (Å²) >= 11 is 0. The third kappa shape index (κ3) is 6.29. The van der Waals surface area contributed by atoms with Gasteiger partial charge in [0, 0.05) is 21.1 Å². The summed E-state index contributed by atoms with van der Waals surface area (Å²) in [7, 11) is 4.74. The maximum atomic E-state index is 13.3. The third-order valence-electron chi connectivity index (χ3n) is 5.30. The molecular formula is C26H27F3N4O4. The van der Waals surface area contributed by atoms with E-state index >= 15 is 0 Å². The van der Waals surface area contributed by atoms with Gasteiger partial charge in [-0.05, 0) is 55.1 Å². The van der Waals surface area contributed by atoms with Crippen LogP contribution in [0.15, 0.2) is 61.3 Å². The van der Waals surface area contributed by atoms with E-state index in [2.05, 4.69) is 11.6 Å². The molecule has 0 aliphatic carbocycles. The summed E-state index contributed by atoms with van der Waals surface area (Å²) in [5.74, 6) is -0.427. The molecule has 11 heteroatoms. The molecule has 0 unspecified atom stereocenters. The zero-order valence-electron chi connectivity index (χ0n) is 20.9. The van der Waals surface area contributed by atoms with Gasteiger partial charge in [-0.3, -0.25) is 9.36 Å². The lowest BCUT2D eigenvalue weighted by Crippen LogP contribution is -2.27. The van der Waals surface area contributed by atoms with Crippen molar-refractivity contribution in [2.45, 2.75) is 19.6 Å². The van der Waals surface area contributed by atoms with Crippen LogP contribution in [0.25, 0.3) is 0 Å². The highest BCUT2D eigenvalue weighted by molar-refractivity contribution is 5.97. The van der Waals surface area contributed by atoms with Gasteiger partial charge in [-0.1, -0.05) is 18.7 Å². The Bertz CT molecular complexity index is 1280. The molecular weight excluding hydrogens is 489 g/mol. The first-order valence-corrected chi connectivity index (χ1v) is 11.2. The first kappa shape index (κ1) is 27.3. The van der Waals surface area contributed by atoms with Crippen LogP contribution in [0.5, 0.6) is 11.8 Å². The van der Waals surface area contributed by atoms with E-state index in [1.165, 1.54) is 57.0 Å².